The number of aryl methyl sites for hydroxylation is 2. The number of pyridine rings is 1. The molecule has 2 aromatic heterocycles. The zero-order valence-corrected chi connectivity index (χ0v) is 19.4. The molecule has 2 heterocycles. The van der Waals surface area contributed by atoms with Gasteiger partial charge in [0.15, 0.2) is 5.65 Å². The van der Waals surface area contributed by atoms with E-state index in [4.69, 9.17) is 4.74 Å². The standard InChI is InChI=1S/C26H24F3N3O3/c1-15-4-6-18(27)11-23(15)35-19-12-21(30-9-8-26(3,28)29)24-31-13-22(32(24)14-19)17-5-7-20(25(33)34)16(2)10-17/h4-7,10-14,30H,8-9H2,1-3H3,(H,33,34). The van der Waals surface area contributed by atoms with E-state index < -0.39 is 17.7 Å². The zero-order valence-electron chi connectivity index (χ0n) is 19.4. The summed E-state index contributed by atoms with van der Waals surface area (Å²) in [6, 6.07) is 10.8. The maximum Gasteiger partial charge on any atom is 0.335 e. The second-order valence-electron chi connectivity index (χ2n) is 8.52. The van der Waals surface area contributed by atoms with Crippen molar-refractivity contribution in [3.63, 3.8) is 0 Å². The van der Waals surface area contributed by atoms with Crippen molar-refractivity contribution in [2.75, 3.05) is 11.9 Å². The summed E-state index contributed by atoms with van der Waals surface area (Å²) in [4.78, 5) is 15.9. The van der Waals surface area contributed by atoms with Gasteiger partial charge in [-0.2, -0.15) is 0 Å². The van der Waals surface area contributed by atoms with Gasteiger partial charge in [-0.15, -0.1) is 0 Å². The Labute approximate surface area is 200 Å². The number of ether oxygens (including phenoxy) is 1. The third kappa shape index (κ3) is 5.40. The summed E-state index contributed by atoms with van der Waals surface area (Å²) in [5, 5.41) is 12.3. The number of carbonyl (C=O) groups is 1. The van der Waals surface area contributed by atoms with E-state index in [9.17, 15) is 23.1 Å². The second-order valence-corrected chi connectivity index (χ2v) is 8.52. The van der Waals surface area contributed by atoms with Crippen molar-refractivity contribution in [3.8, 4) is 22.8 Å². The van der Waals surface area contributed by atoms with E-state index in [-0.39, 0.29) is 18.5 Å². The molecule has 0 aliphatic carbocycles. The molecule has 6 nitrogen and oxygen atoms in total. The Morgan fingerprint density at radius 2 is 1.91 bits per heavy atom. The summed E-state index contributed by atoms with van der Waals surface area (Å²) < 4.78 is 48.3. The summed E-state index contributed by atoms with van der Waals surface area (Å²) in [6.45, 7) is 4.34. The lowest BCUT2D eigenvalue weighted by atomic mass is 10.0. The number of rotatable bonds is 8. The third-order valence-corrected chi connectivity index (χ3v) is 5.59. The minimum absolute atomic E-state index is 0.00375. The number of alkyl halides is 2. The van der Waals surface area contributed by atoms with Gasteiger partial charge < -0.3 is 15.2 Å². The monoisotopic (exact) mass is 483 g/mol. The SMILES string of the molecule is Cc1ccc(F)cc1Oc1cc(NCCC(C)(F)F)c2ncc(-c3ccc(C(=O)O)c(C)c3)n2c1. The van der Waals surface area contributed by atoms with E-state index in [0.717, 1.165) is 12.5 Å². The van der Waals surface area contributed by atoms with Gasteiger partial charge in [-0.1, -0.05) is 12.1 Å². The van der Waals surface area contributed by atoms with Crippen LogP contribution in [0.2, 0.25) is 0 Å². The number of hydrogen-bond acceptors (Lipinski definition) is 4. The highest BCUT2D eigenvalue weighted by Gasteiger charge is 2.21. The smallest absolute Gasteiger partial charge is 0.335 e. The number of aromatic nitrogens is 2. The molecule has 0 fully saturated rings. The third-order valence-electron chi connectivity index (χ3n) is 5.59. The quantitative estimate of drug-likeness (QED) is 0.292. The number of fused-ring (bicyclic) bond motifs is 1. The predicted octanol–water partition coefficient (Wildman–Crippen LogP) is 6.70. The van der Waals surface area contributed by atoms with Gasteiger partial charge in [0.25, 0.3) is 0 Å². The van der Waals surface area contributed by atoms with Gasteiger partial charge in [0, 0.05) is 30.7 Å². The van der Waals surface area contributed by atoms with E-state index in [1.54, 1.807) is 54.9 Å². The second kappa shape index (κ2) is 9.32. The molecule has 4 aromatic rings. The van der Waals surface area contributed by atoms with Crippen molar-refractivity contribution < 1.29 is 27.8 Å². The van der Waals surface area contributed by atoms with Crippen LogP contribution in [-0.2, 0) is 0 Å². The van der Waals surface area contributed by atoms with E-state index in [2.05, 4.69) is 10.3 Å². The fourth-order valence-corrected chi connectivity index (χ4v) is 3.75. The Kier molecular flexibility index (Phi) is 6.43. The number of imidazole rings is 1. The number of nitrogens with zero attached hydrogens (tertiary/aromatic N) is 2. The Morgan fingerprint density at radius 3 is 2.60 bits per heavy atom. The summed E-state index contributed by atoms with van der Waals surface area (Å²) >= 11 is 0. The number of halogens is 3. The average Bonchev–Trinajstić information content (AvgIpc) is 3.19. The van der Waals surface area contributed by atoms with Gasteiger partial charge in [-0.25, -0.2) is 22.9 Å². The number of carboxylic acid groups (broad SMARTS) is 1. The van der Waals surface area contributed by atoms with Crippen molar-refractivity contribution in [1.29, 1.82) is 0 Å². The van der Waals surface area contributed by atoms with Gasteiger partial charge in [-0.3, -0.25) is 4.40 Å². The van der Waals surface area contributed by atoms with Crippen molar-refractivity contribution in [2.24, 2.45) is 0 Å². The molecule has 2 aromatic carbocycles. The van der Waals surface area contributed by atoms with E-state index in [0.29, 0.717) is 39.7 Å². The Morgan fingerprint density at radius 1 is 1.14 bits per heavy atom. The highest BCUT2D eigenvalue weighted by molar-refractivity contribution is 5.90. The Balaban J connectivity index is 1.80. The van der Waals surface area contributed by atoms with E-state index in [1.165, 1.54) is 18.2 Å². The molecule has 2 N–H and O–H groups in total. The number of benzene rings is 2. The van der Waals surface area contributed by atoms with Crippen LogP contribution in [0.5, 0.6) is 11.5 Å². The van der Waals surface area contributed by atoms with Crippen LogP contribution in [0.25, 0.3) is 16.9 Å². The number of aromatic carboxylic acids is 1. The van der Waals surface area contributed by atoms with Gasteiger partial charge >= 0.3 is 5.97 Å². The molecular weight excluding hydrogens is 459 g/mol. The summed E-state index contributed by atoms with van der Waals surface area (Å²) in [6.07, 6.45) is 2.90. The first-order valence-corrected chi connectivity index (χ1v) is 10.9. The lowest BCUT2D eigenvalue weighted by molar-refractivity contribution is 0.0167. The maximum atomic E-state index is 13.8. The van der Waals surface area contributed by atoms with Crippen LogP contribution in [0.15, 0.2) is 54.9 Å². The first kappa shape index (κ1) is 24.1. The topological polar surface area (TPSA) is 75.9 Å². The highest BCUT2D eigenvalue weighted by atomic mass is 19.3. The zero-order chi connectivity index (χ0) is 25.3. The molecule has 0 saturated heterocycles. The summed E-state index contributed by atoms with van der Waals surface area (Å²) in [5.41, 5.74) is 3.79. The molecule has 0 unspecified atom stereocenters. The molecule has 0 radical (unpaired) electrons. The fourth-order valence-electron chi connectivity index (χ4n) is 3.75. The Bertz CT molecular complexity index is 1410. The molecule has 0 saturated carbocycles. The van der Waals surface area contributed by atoms with E-state index in [1.807, 2.05) is 0 Å². The van der Waals surface area contributed by atoms with Gasteiger partial charge in [0.1, 0.15) is 17.3 Å². The predicted molar refractivity (Wildman–Crippen MR) is 127 cm³/mol. The molecule has 0 spiro atoms. The van der Waals surface area contributed by atoms with Crippen molar-refractivity contribution in [3.05, 3.63) is 77.4 Å². The van der Waals surface area contributed by atoms with Crippen molar-refractivity contribution >= 4 is 17.3 Å². The van der Waals surface area contributed by atoms with Crippen molar-refractivity contribution in [1.82, 2.24) is 9.38 Å². The van der Waals surface area contributed by atoms with Crippen LogP contribution in [-0.4, -0.2) is 32.9 Å². The molecule has 0 amide bonds. The van der Waals surface area contributed by atoms with Crippen LogP contribution < -0.4 is 10.1 Å². The molecular formula is C26H24F3N3O3. The molecule has 0 atom stereocenters. The van der Waals surface area contributed by atoms with Gasteiger partial charge in [0.2, 0.25) is 5.92 Å². The molecule has 182 valence electrons. The number of carboxylic acids is 1. The number of nitrogens with one attached hydrogen (secondary N) is 1. The summed E-state index contributed by atoms with van der Waals surface area (Å²) in [5.74, 6) is -3.64. The Hall–Kier alpha value is -4.01. The number of hydrogen-bond donors (Lipinski definition) is 2. The molecule has 0 aliphatic rings. The van der Waals surface area contributed by atoms with E-state index >= 15 is 0 Å². The van der Waals surface area contributed by atoms with Crippen molar-refractivity contribution in [2.45, 2.75) is 33.1 Å². The van der Waals surface area contributed by atoms with Crippen LogP contribution in [0, 0.1) is 19.7 Å². The van der Waals surface area contributed by atoms with Crippen LogP contribution in [0.4, 0.5) is 18.9 Å². The lowest BCUT2D eigenvalue weighted by Gasteiger charge is -2.15. The average molecular weight is 483 g/mol. The minimum atomic E-state index is -2.83. The maximum absolute atomic E-state index is 13.8. The highest BCUT2D eigenvalue weighted by Crippen LogP contribution is 2.33. The van der Waals surface area contributed by atoms with Crippen LogP contribution in [0.3, 0.4) is 0 Å². The first-order valence-electron chi connectivity index (χ1n) is 10.9. The molecule has 0 aliphatic heterocycles. The van der Waals surface area contributed by atoms with Crippen LogP contribution in [0.1, 0.15) is 34.8 Å². The van der Waals surface area contributed by atoms with Gasteiger partial charge in [-0.05, 0) is 50.1 Å². The summed E-state index contributed by atoms with van der Waals surface area (Å²) in [7, 11) is 0. The number of anilines is 1. The molecule has 4 rings (SSSR count). The minimum Gasteiger partial charge on any atom is -0.478 e. The first-order chi connectivity index (χ1) is 16.5. The largest absolute Gasteiger partial charge is 0.478 e. The molecule has 9 heteroatoms. The molecule has 35 heavy (non-hydrogen) atoms. The molecule has 0 bridgehead atoms. The van der Waals surface area contributed by atoms with Crippen LogP contribution >= 0.6 is 0 Å². The lowest BCUT2D eigenvalue weighted by Crippen LogP contribution is -2.16. The van der Waals surface area contributed by atoms with Gasteiger partial charge in [0.05, 0.1) is 29.3 Å². The normalized spacial score (nSPS) is 11.6. The fraction of sp³-hybridized carbons (Fsp3) is 0.231.